The van der Waals surface area contributed by atoms with Crippen LogP contribution in [-0.4, -0.2) is 11.5 Å². The normalized spacial score (nSPS) is 10.9. The monoisotopic (exact) mass is 240 g/mol. The summed E-state index contributed by atoms with van der Waals surface area (Å²) in [6.07, 6.45) is 2.47. The minimum absolute atomic E-state index is 0.566. The molecule has 78 valence electrons. The molecule has 0 aliphatic carbocycles. The second-order valence-corrected chi connectivity index (χ2v) is 4.12. The van der Waals surface area contributed by atoms with Crippen molar-refractivity contribution >= 4 is 34.0 Å². The van der Waals surface area contributed by atoms with Crippen LogP contribution in [0.15, 0.2) is 24.4 Å². The highest BCUT2D eigenvalue weighted by atomic mass is 35.5. The number of nitrogens with zero attached hydrogens (tertiary/aromatic N) is 1. The van der Waals surface area contributed by atoms with Crippen LogP contribution in [0.2, 0.25) is 10.0 Å². The molecule has 2 aromatic rings. The van der Waals surface area contributed by atoms with E-state index in [0.29, 0.717) is 16.6 Å². The van der Waals surface area contributed by atoms with Crippen molar-refractivity contribution in [3.05, 3.63) is 40.1 Å². The number of halogens is 2. The van der Waals surface area contributed by atoms with Crippen molar-refractivity contribution in [2.45, 2.75) is 6.42 Å². The highest BCUT2D eigenvalue weighted by Crippen LogP contribution is 2.29. The molecule has 0 saturated heterocycles. The third-order valence-electron chi connectivity index (χ3n) is 2.26. The summed E-state index contributed by atoms with van der Waals surface area (Å²) in [7, 11) is 0. The molecule has 2 rings (SSSR count). The van der Waals surface area contributed by atoms with Crippen LogP contribution in [0.3, 0.4) is 0 Å². The Labute approximate surface area is 98.0 Å². The van der Waals surface area contributed by atoms with E-state index in [9.17, 15) is 0 Å². The Bertz CT molecular complexity index is 497. The van der Waals surface area contributed by atoms with E-state index in [-0.39, 0.29) is 0 Å². The number of hydrogen-bond donors (Lipinski definition) is 1. The molecule has 4 heteroatoms. The number of nitrogens with two attached hydrogens (primary N) is 1. The number of rotatable bonds is 2. The van der Waals surface area contributed by atoms with Crippen molar-refractivity contribution in [1.82, 2.24) is 4.98 Å². The van der Waals surface area contributed by atoms with Gasteiger partial charge in [-0.2, -0.15) is 0 Å². The average molecular weight is 241 g/mol. The van der Waals surface area contributed by atoms with Crippen molar-refractivity contribution < 1.29 is 0 Å². The van der Waals surface area contributed by atoms with Gasteiger partial charge in [0.1, 0.15) is 0 Å². The Morgan fingerprint density at radius 3 is 2.73 bits per heavy atom. The van der Waals surface area contributed by atoms with Gasteiger partial charge in [-0.15, -0.1) is 0 Å². The van der Waals surface area contributed by atoms with Crippen molar-refractivity contribution in [1.29, 1.82) is 0 Å². The summed E-state index contributed by atoms with van der Waals surface area (Å²) >= 11 is 12.0. The van der Waals surface area contributed by atoms with Crippen LogP contribution in [-0.2, 0) is 6.42 Å². The van der Waals surface area contributed by atoms with Gasteiger partial charge in [0, 0.05) is 39.1 Å². The minimum Gasteiger partial charge on any atom is -0.330 e. The Balaban J connectivity index is 2.73. The fraction of sp³-hybridized carbons (Fsp3) is 0.182. The lowest BCUT2D eigenvalue weighted by Crippen LogP contribution is -2.04. The van der Waals surface area contributed by atoms with Gasteiger partial charge in [-0.3, -0.25) is 4.98 Å². The van der Waals surface area contributed by atoms with Crippen molar-refractivity contribution in [2.24, 2.45) is 5.73 Å². The average Bonchev–Trinajstić information content (AvgIpc) is 2.19. The zero-order valence-corrected chi connectivity index (χ0v) is 9.52. The van der Waals surface area contributed by atoms with Gasteiger partial charge in [-0.1, -0.05) is 23.2 Å². The molecule has 0 spiro atoms. The van der Waals surface area contributed by atoms with Gasteiger partial charge >= 0.3 is 0 Å². The van der Waals surface area contributed by atoms with Gasteiger partial charge in [0.2, 0.25) is 0 Å². The lowest BCUT2D eigenvalue weighted by molar-refractivity contribution is 0.935. The molecule has 0 unspecified atom stereocenters. The molecule has 0 aliphatic heterocycles. The maximum atomic E-state index is 6.09. The van der Waals surface area contributed by atoms with Gasteiger partial charge in [0.25, 0.3) is 0 Å². The molecular weight excluding hydrogens is 231 g/mol. The summed E-state index contributed by atoms with van der Waals surface area (Å²) in [6.45, 7) is 0.566. The van der Waals surface area contributed by atoms with E-state index in [1.165, 1.54) is 0 Å². The molecule has 15 heavy (non-hydrogen) atoms. The summed E-state index contributed by atoms with van der Waals surface area (Å²) in [6, 6.07) is 5.49. The number of benzene rings is 1. The zero-order chi connectivity index (χ0) is 10.8. The molecule has 0 fully saturated rings. The summed E-state index contributed by atoms with van der Waals surface area (Å²) in [4.78, 5) is 4.28. The first-order valence-electron chi connectivity index (χ1n) is 4.65. The topological polar surface area (TPSA) is 38.9 Å². The molecule has 1 aromatic carbocycles. The highest BCUT2D eigenvalue weighted by molar-refractivity contribution is 6.38. The lowest BCUT2D eigenvalue weighted by Gasteiger charge is -2.06. The minimum atomic E-state index is 0.566. The fourth-order valence-electron chi connectivity index (χ4n) is 1.60. The number of aromatic nitrogens is 1. The molecule has 1 heterocycles. The Morgan fingerprint density at radius 2 is 2.00 bits per heavy atom. The van der Waals surface area contributed by atoms with Gasteiger partial charge in [-0.05, 0) is 24.7 Å². The molecule has 0 radical (unpaired) electrons. The third kappa shape index (κ3) is 2.07. The molecule has 0 saturated carbocycles. The second kappa shape index (κ2) is 4.35. The van der Waals surface area contributed by atoms with Crippen LogP contribution in [0.5, 0.6) is 0 Å². The molecule has 2 nitrogen and oxygen atoms in total. The van der Waals surface area contributed by atoms with E-state index in [2.05, 4.69) is 4.98 Å². The largest absolute Gasteiger partial charge is 0.330 e. The quantitative estimate of drug-likeness (QED) is 0.877. The smallest absolute Gasteiger partial charge is 0.0500 e. The first-order chi connectivity index (χ1) is 7.22. The first-order valence-corrected chi connectivity index (χ1v) is 5.40. The van der Waals surface area contributed by atoms with Crippen LogP contribution in [0, 0.1) is 0 Å². The molecular formula is C11H10Cl2N2. The van der Waals surface area contributed by atoms with E-state index >= 15 is 0 Å². The van der Waals surface area contributed by atoms with Crippen LogP contribution < -0.4 is 5.73 Å². The van der Waals surface area contributed by atoms with Crippen LogP contribution in [0.4, 0.5) is 0 Å². The number of pyridine rings is 1. The predicted molar refractivity (Wildman–Crippen MR) is 64.5 cm³/mol. The number of hydrogen-bond acceptors (Lipinski definition) is 2. The van der Waals surface area contributed by atoms with Crippen molar-refractivity contribution in [2.75, 3.05) is 6.54 Å². The second-order valence-electron chi connectivity index (χ2n) is 3.28. The number of fused-ring (bicyclic) bond motifs is 1. The van der Waals surface area contributed by atoms with Gasteiger partial charge in [-0.25, -0.2) is 0 Å². The van der Waals surface area contributed by atoms with Crippen molar-refractivity contribution in [3.8, 4) is 0 Å². The SMILES string of the molecule is NCCc1nccc2c(Cl)cc(Cl)cc12. The Hall–Kier alpha value is -0.830. The summed E-state index contributed by atoms with van der Waals surface area (Å²) in [5.41, 5.74) is 6.47. The summed E-state index contributed by atoms with van der Waals surface area (Å²) < 4.78 is 0. The fourth-order valence-corrected chi connectivity index (χ4v) is 2.16. The maximum Gasteiger partial charge on any atom is 0.0500 e. The van der Waals surface area contributed by atoms with E-state index in [4.69, 9.17) is 28.9 Å². The van der Waals surface area contributed by atoms with Crippen LogP contribution in [0.1, 0.15) is 5.69 Å². The van der Waals surface area contributed by atoms with Gasteiger partial charge in [0.15, 0.2) is 0 Å². The molecule has 0 bridgehead atoms. The molecule has 0 aliphatic rings. The lowest BCUT2D eigenvalue weighted by atomic mass is 10.1. The molecule has 1 aromatic heterocycles. The summed E-state index contributed by atoms with van der Waals surface area (Å²) in [5.74, 6) is 0. The maximum absolute atomic E-state index is 6.09. The predicted octanol–water partition coefficient (Wildman–Crippen LogP) is 3.04. The van der Waals surface area contributed by atoms with Gasteiger partial charge in [0.05, 0.1) is 0 Å². The Morgan fingerprint density at radius 1 is 1.20 bits per heavy atom. The van der Waals surface area contributed by atoms with Crippen LogP contribution >= 0.6 is 23.2 Å². The van der Waals surface area contributed by atoms with E-state index in [1.54, 1.807) is 12.3 Å². The first kappa shape index (κ1) is 10.7. The van der Waals surface area contributed by atoms with E-state index in [1.807, 2.05) is 12.1 Å². The zero-order valence-electron chi connectivity index (χ0n) is 8.00. The van der Waals surface area contributed by atoms with Crippen molar-refractivity contribution in [3.63, 3.8) is 0 Å². The van der Waals surface area contributed by atoms with E-state index < -0.39 is 0 Å². The summed E-state index contributed by atoms with van der Waals surface area (Å²) in [5, 5.41) is 3.23. The third-order valence-corrected chi connectivity index (χ3v) is 2.79. The molecule has 0 atom stereocenters. The van der Waals surface area contributed by atoms with Gasteiger partial charge < -0.3 is 5.73 Å². The van der Waals surface area contributed by atoms with Crippen LogP contribution in [0.25, 0.3) is 10.8 Å². The molecule has 0 amide bonds. The van der Waals surface area contributed by atoms with E-state index in [0.717, 1.165) is 22.9 Å². The standard InChI is InChI=1S/C11H10Cl2N2/c12-7-5-9-8(10(13)6-7)2-4-15-11(9)1-3-14/h2,4-6H,1,3,14H2. The highest BCUT2D eigenvalue weighted by Gasteiger charge is 2.06. The Kier molecular flexibility index (Phi) is 3.10. The molecule has 2 N–H and O–H groups in total.